The molecule has 48 valence electrons. The van der Waals surface area contributed by atoms with E-state index in [9.17, 15) is 0 Å². The van der Waals surface area contributed by atoms with Crippen molar-refractivity contribution in [3.63, 3.8) is 0 Å². The predicted octanol–water partition coefficient (Wildman–Crippen LogP) is 2.30. The van der Waals surface area contributed by atoms with E-state index >= 15 is 0 Å². The highest BCUT2D eigenvalue weighted by Crippen LogP contribution is 2.13. The molecule has 0 aromatic carbocycles. The molecule has 1 nitrogen and oxygen atoms in total. The van der Waals surface area contributed by atoms with Crippen molar-refractivity contribution in [1.29, 1.82) is 0 Å². The van der Waals surface area contributed by atoms with E-state index in [0.717, 1.165) is 0 Å². The van der Waals surface area contributed by atoms with Gasteiger partial charge in [0.15, 0.2) is 0 Å². The maximum atomic E-state index is 3.70. The van der Waals surface area contributed by atoms with Gasteiger partial charge in [-0.3, -0.25) is 0 Å². The van der Waals surface area contributed by atoms with E-state index in [2.05, 4.69) is 24.6 Å². The lowest BCUT2D eigenvalue weighted by atomic mass is 10.1. The van der Waals surface area contributed by atoms with Crippen LogP contribution in [-0.2, 0) is 0 Å². The smallest absolute Gasteiger partial charge is 0.00432 e. The number of hydrogen-bond donors (Lipinski definition) is 1. The Kier molecular flexibility index (Phi) is 1.73. The Morgan fingerprint density at radius 3 is 3.00 bits per heavy atom. The number of allylic oxidation sites excluding steroid dienone is 1. The first kappa shape index (κ1) is 6.14. The summed E-state index contributed by atoms with van der Waals surface area (Å²) < 4.78 is 0. The fourth-order valence-electron chi connectivity index (χ4n) is 0.756. The molecule has 1 unspecified atom stereocenters. The van der Waals surface area contributed by atoms with E-state index in [1.54, 1.807) is 0 Å². The minimum atomic E-state index is 0.469. The van der Waals surface area contributed by atoms with Crippen LogP contribution in [0.25, 0.3) is 0 Å². The third-order valence-electron chi connectivity index (χ3n) is 1.50. The van der Waals surface area contributed by atoms with Gasteiger partial charge in [-0.2, -0.15) is 0 Å². The van der Waals surface area contributed by atoms with E-state index in [-0.39, 0.29) is 0 Å². The first-order valence-corrected chi connectivity index (χ1v) is 3.10. The molecule has 0 fully saturated rings. The summed E-state index contributed by atoms with van der Waals surface area (Å²) in [6.45, 7) is 5.82. The first-order chi connectivity index (χ1) is 4.34. The maximum absolute atomic E-state index is 3.70. The van der Waals surface area contributed by atoms with Crippen molar-refractivity contribution in [3.8, 4) is 0 Å². The number of H-pyrrole nitrogens is 1. The number of aromatic nitrogens is 1. The van der Waals surface area contributed by atoms with Crippen LogP contribution in [0.5, 0.6) is 0 Å². The number of rotatable bonds is 2. The molecule has 0 bridgehead atoms. The van der Waals surface area contributed by atoms with Gasteiger partial charge in [0.1, 0.15) is 0 Å². The molecule has 0 saturated carbocycles. The van der Waals surface area contributed by atoms with Gasteiger partial charge in [0, 0.05) is 18.3 Å². The second kappa shape index (κ2) is 2.53. The normalized spacial score (nSPS) is 13.0. The fraction of sp³-hybridized carbons (Fsp3) is 0.250. The predicted molar refractivity (Wildman–Crippen MR) is 39.4 cm³/mol. The zero-order valence-corrected chi connectivity index (χ0v) is 5.59. The number of nitrogens with one attached hydrogen (secondary N) is 1. The van der Waals surface area contributed by atoms with Gasteiger partial charge >= 0.3 is 0 Å². The van der Waals surface area contributed by atoms with Gasteiger partial charge in [-0.05, 0) is 11.6 Å². The summed E-state index contributed by atoms with van der Waals surface area (Å²) in [6, 6.07) is 2.06. The molecule has 1 aromatic rings. The summed E-state index contributed by atoms with van der Waals surface area (Å²) in [7, 11) is 0. The van der Waals surface area contributed by atoms with E-state index in [1.165, 1.54) is 5.56 Å². The Bertz CT molecular complexity index is 174. The molecule has 0 amide bonds. The Labute approximate surface area is 55.4 Å². The van der Waals surface area contributed by atoms with Gasteiger partial charge in [-0.15, -0.1) is 6.58 Å². The molecular formula is C8H11N. The SMILES string of the molecule is C=CC(C)c1cc[nH]c1. The standard InChI is InChI=1S/C8H11N/c1-3-7(2)8-4-5-9-6-8/h3-7,9H,1H2,2H3. The topological polar surface area (TPSA) is 15.8 Å². The summed E-state index contributed by atoms with van der Waals surface area (Å²) >= 11 is 0. The summed E-state index contributed by atoms with van der Waals surface area (Å²) in [5.41, 5.74) is 1.30. The maximum Gasteiger partial charge on any atom is 0.00432 e. The second-order valence-corrected chi connectivity index (χ2v) is 2.17. The Morgan fingerprint density at radius 2 is 2.56 bits per heavy atom. The van der Waals surface area contributed by atoms with Crippen molar-refractivity contribution >= 4 is 0 Å². The first-order valence-electron chi connectivity index (χ1n) is 3.10. The molecule has 1 rings (SSSR count). The Balaban J connectivity index is 2.76. The van der Waals surface area contributed by atoms with Gasteiger partial charge < -0.3 is 4.98 Å². The van der Waals surface area contributed by atoms with Gasteiger partial charge in [-0.1, -0.05) is 13.0 Å². The van der Waals surface area contributed by atoms with Crippen LogP contribution in [0.4, 0.5) is 0 Å². The van der Waals surface area contributed by atoms with Crippen molar-refractivity contribution < 1.29 is 0 Å². The van der Waals surface area contributed by atoms with Crippen LogP contribution in [0.15, 0.2) is 31.1 Å². The molecule has 0 spiro atoms. The highest BCUT2D eigenvalue weighted by Gasteiger charge is 1.97. The van der Waals surface area contributed by atoms with Crippen molar-refractivity contribution in [2.45, 2.75) is 12.8 Å². The average molecular weight is 121 g/mol. The van der Waals surface area contributed by atoms with Crippen LogP contribution >= 0.6 is 0 Å². The van der Waals surface area contributed by atoms with E-state index in [1.807, 2.05) is 18.5 Å². The van der Waals surface area contributed by atoms with Gasteiger partial charge in [0.2, 0.25) is 0 Å². The molecule has 0 aliphatic heterocycles. The van der Waals surface area contributed by atoms with E-state index < -0.39 is 0 Å². The molecular weight excluding hydrogens is 110 g/mol. The van der Waals surface area contributed by atoms with Crippen LogP contribution in [0, 0.1) is 0 Å². The van der Waals surface area contributed by atoms with Crippen LogP contribution in [0.2, 0.25) is 0 Å². The lowest BCUT2D eigenvalue weighted by Crippen LogP contribution is -1.82. The summed E-state index contributed by atoms with van der Waals surface area (Å²) in [5, 5.41) is 0. The summed E-state index contributed by atoms with van der Waals surface area (Å²) in [6.07, 6.45) is 5.85. The molecule has 0 saturated heterocycles. The second-order valence-electron chi connectivity index (χ2n) is 2.17. The number of hydrogen-bond acceptors (Lipinski definition) is 0. The summed E-state index contributed by atoms with van der Waals surface area (Å²) in [4.78, 5) is 3.00. The molecule has 1 aromatic heterocycles. The molecule has 0 radical (unpaired) electrons. The molecule has 1 atom stereocenters. The zero-order valence-electron chi connectivity index (χ0n) is 5.59. The third kappa shape index (κ3) is 1.22. The van der Waals surface area contributed by atoms with Crippen molar-refractivity contribution in [2.75, 3.05) is 0 Å². The van der Waals surface area contributed by atoms with Crippen LogP contribution < -0.4 is 0 Å². The van der Waals surface area contributed by atoms with Crippen LogP contribution in [-0.4, -0.2) is 4.98 Å². The lowest BCUT2D eigenvalue weighted by molar-refractivity contribution is 0.974. The molecule has 1 N–H and O–H groups in total. The fourth-order valence-corrected chi connectivity index (χ4v) is 0.756. The molecule has 1 heterocycles. The minimum Gasteiger partial charge on any atom is -0.367 e. The molecule has 0 aliphatic rings. The van der Waals surface area contributed by atoms with Crippen molar-refractivity contribution in [2.24, 2.45) is 0 Å². The Hall–Kier alpha value is -0.980. The van der Waals surface area contributed by atoms with Crippen molar-refractivity contribution in [3.05, 3.63) is 36.7 Å². The van der Waals surface area contributed by atoms with Crippen molar-refractivity contribution in [1.82, 2.24) is 4.98 Å². The highest BCUT2D eigenvalue weighted by atomic mass is 14.6. The zero-order chi connectivity index (χ0) is 6.69. The van der Waals surface area contributed by atoms with Gasteiger partial charge in [0.05, 0.1) is 0 Å². The van der Waals surface area contributed by atoms with Crippen LogP contribution in [0.1, 0.15) is 18.4 Å². The highest BCUT2D eigenvalue weighted by molar-refractivity contribution is 5.17. The van der Waals surface area contributed by atoms with Gasteiger partial charge in [-0.25, -0.2) is 0 Å². The molecule has 1 heteroatoms. The molecule has 9 heavy (non-hydrogen) atoms. The third-order valence-corrected chi connectivity index (χ3v) is 1.50. The largest absolute Gasteiger partial charge is 0.367 e. The van der Waals surface area contributed by atoms with E-state index in [0.29, 0.717) is 5.92 Å². The van der Waals surface area contributed by atoms with E-state index in [4.69, 9.17) is 0 Å². The quantitative estimate of drug-likeness (QED) is 0.578. The average Bonchev–Trinajstić information content (AvgIpc) is 2.37. The van der Waals surface area contributed by atoms with Crippen LogP contribution in [0.3, 0.4) is 0 Å². The minimum absolute atomic E-state index is 0.469. The lowest BCUT2D eigenvalue weighted by Gasteiger charge is -1.98. The van der Waals surface area contributed by atoms with Gasteiger partial charge in [0.25, 0.3) is 0 Å². The monoisotopic (exact) mass is 121 g/mol. The molecule has 0 aliphatic carbocycles. The number of aromatic amines is 1. The summed E-state index contributed by atoms with van der Waals surface area (Å²) in [5.74, 6) is 0.469. The Morgan fingerprint density at radius 1 is 1.78 bits per heavy atom.